The number of fused-ring (bicyclic) bond motifs is 8. The van der Waals surface area contributed by atoms with Gasteiger partial charge in [-0.05, 0) is 57.3 Å². The predicted molar refractivity (Wildman–Crippen MR) is 246 cm³/mol. The third-order valence-electron chi connectivity index (χ3n) is 11.7. The van der Waals surface area contributed by atoms with Gasteiger partial charge in [-0.3, -0.25) is 0 Å². The third-order valence-corrected chi connectivity index (χ3v) is 11.7. The standard InChI is InChI=1S/C55H34N4O/c1-3-13-35(14-4-1)36-23-27-40(28-24-36)54-56-53(39-16-5-2-6-17-39)57-55(58-54)41-29-25-38(26-30-41)43-32-34-48(52-51(43)45-20-10-12-22-49(45)60-52)59-46-21-11-9-19-44(46)50-42-18-8-7-15-37(42)31-33-47(50)59/h1-34H. The lowest BCUT2D eigenvalue weighted by molar-refractivity contribution is 0.666. The first-order valence-electron chi connectivity index (χ1n) is 20.2. The molecule has 0 spiro atoms. The lowest BCUT2D eigenvalue weighted by Crippen LogP contribution is -2.00. The van der Waals surface area contributed by atoms with Crippen molar-refractivity contribution in [3.8, 4) is 62.1 Å². The highest BCUT2D eigenvalue weighted by Crippen LogP contribution is 2.44. The number of para-hydroxylation sites is 2. The molecule has 0 saturated carbocycles. The third kappa shape index (κ3) is 5.52. The first-order valence-corrected chi connectivity index (χ1v) is 20.2. The van der Waals surface area contributed by atoms with E-state index in [1.165, 1.54) is 27.1 Å². The number of aromatic nitrogens is 4. The van der Waals surface area contributed by atoms with E-state index in [1.807, 2.05) is 42.5 Å². The maximum Gasteiger partial charge on any atom is 0.164 e. The van der Waals surface area contributed by atoms with Crippen molar-refractivity contribution in [3.05, 3.63) is 206 Å². The fraction of sp³-hybridized carbons (Fsp3) is 0. The summed E-state index contributed by atoms with van der Waals surface area (Å²) in [7, 11) is 0. The van der Waals surface area contributed by atoms with Crippen molar-refractivity contribution in [2.24, 2.45) is 0 Å². The Kier molecular flexibility index (Phi) is 7.78. The van der Waals surface area contributed by atoms with Crippen molar-refractivity contribution >= 4 is 54.5 Å². The topological polar surface area (TPSA) is 56.7 Å². The molecule has 0 unspecified atom stereocenters. The Morgan fingerprint density at radius 2 is 0.850 bits per heavy atom. The molecule has 0 fully saturated rings. The number of hydrogen-bond donors (Lipinski definition) is 0. The molecule has 5 heteroatoms. The van der Waals surface area contributed by atoms with Crippen molar-refractivity contribution in [2.45, 2.75) is 0 Å². The van der Waals surface area contributed by atoms with E-state index >= 15 is 0 Å². The van der Waals surface area contributed by atoms with Gasteiger partial charge >= 0.3 is 0 Å². The highest BCUT2D eigenvalue weighted by Gasteiger charge is 2.22. The maximum atomic E-state index is 6.84. The number of benzene rings is 9. The minimum atomic E-state index is 0.616. The summed E-state index contributed by atoms with van der Waals surface area (Å²) in [4.78, 5) is 15.0. The van der Waals surface area contributed by atoms with Crippen LogP contribution < -0.4 is 0 Å². The van der Waals surface area contributed by atoms with Crippen molar-refractivity contribution in [1.82, 2.24) is 19.5 Å². The van der Waals surface area contributed by atoms with E-state index in [0.717, 1.165) is 72.0 Å². The first-order chi connectivity index (χ1) is 29.7. The summed E-state index contributed by atoms with van der Waals surface area (Å²) in [5.41, 5.74) is 12.2. The second kappa shape index (κ2) is 13.8. The second-order valence-electron chi connectivity index (χ2n) is 15.2. The van der Waals surface area contributed by atoms with Crippen LogP contribution in [0.4, 0.5) is 0 Å². The van der Waals surface area contributed by atoms with E-state index < -0.39 is 0 Å². The molecule has 280 valence electrons. The average molecular weight is 767 g/mol. The number of nitrogens with zero attached hydrogens (tertiary/aromatic N) is 4. The molecule has 0 saturated heterocycles. The van der Waals surface area contributed by atoms with Gasteiger partial charge in [0.15, 0.2) is 23.1 Å². The van der Waals surface area contributed by atoms with Gasteiger partial charge < -0.3 is 8.98 Å². The molecule has 0 radical (unpaired) electrons. The van der Waals surface area contributed by atoms with Gasteiger partial charge in [0.25, 0.3) is 0 Å². The summed E-state index contributed by atoms with van der Waals surface area (Å²) in [6.45, 7) is 0. The highest BCUT2D eigenvalue weighted by molar-refractivity contribution is 6.22. The first kappa shape index (κ1) is 33.9. The summed E-state index contributed by atoms with van der Waals surface area (Å²) < 4.78 is 9.21. The van der Waals surface area contributed by atoms with Crippen LogP contribution >= 0.6 is 0 Å². The molecule has 12 rings (SSSR count). The van der Waals surface area contributed by atoms with Crippen molar-refractivity contribution in [2.75, 3.05) is 0 Å². The molecule has 9 aromatic carbocycles. The van der Waals surface area contributed by atoms with Crippen LogP contribution in [0.5, 0.6) is 0 Å². The van der Waals surface area contributed by atoms with E-state index in [2.05, 4.69) is 168 Å². The van der Waals surface area contributed by atoms with Crippen molar-refractivity contribution in [3.63, 3.8) is 0 Å². The summed E-state index contributed by atoms with van der Waals surface area (Å²) >= 11 is 0. The van der Waals surface area contributed by atoms with Crippen molar-refractivity contribution < 1.29 is 4.42 Å². The molecule has 5 nitrogen and oxygen atoms in total. The Balaban J connectivity index is 0.992. The van der Waals surface area contributed by atoms with E-state index in [9.17, 15) is 0 Å². The largest absolute Gasteiger partial charge is 0.454 e. The zero-order valence-corrected chi connectivity index (χ0v) is 32.3. The maximum absolute atomic E-state index is 6.84. The van der Waals surface area contributed by atoms with E-state index in [0.29, 0.717) is 17.5 Å². The SMILES string of the molecule is c1ccc(-c2ccc(-c3nc(-c4ccccc4)nc(-c4ccc(-c5ccc(-n6c7ccccc7c7c8ccccc8ccc76)c6oc7ccccc7c56)cc4)n3)cc2)cc1. The molecule has 3 heterocycles. The van der Waals surface area contributed by atoms with E-state index in [4.69, 9.17) is 19.4 Å². The van der Waals surface area contributed by atoms with Gasteiger partial charge in [-0.15, -0.1) is 0 Å². The fourth-order valence-corrected chi connectivity index (χ4v) is 8.82. The Morgan fingerprint density at radius 1 is 0.333 bits per heavy atom. The van der Waals surface area contributed by atoms with Crippen LogP contribution in [0.2, 0.25) is 0 Å². The second-order valence-corrected chi connectivity index (χ2v) is 15.2. The minimum Gasteiger partial charge on any atom is -0.454 e. The zero-order valence-electron chi connectivity index (χ0n) is 32.3. The quantitative estimate of drug-likeness (QED) is 0.169. The summed E-state index contributed by atoms with van der Waals surface area (Å²) in [5, 5.41) is 7.08. The Labute approximate surface area is 345 Å². The molecule has 0 atom stereocenters. The fourth-order valence-electron chi connectivity index (χ4n) is 8.82. The van der Waals surface area contributed by atoms with Gasteiger partial charge in [0.05, 0.1) is 16.7 Å². The smallest absolute Gasteiger partial charge is 0.164 e. The number of furan rings is 1. The van der Waals surface area contributed by atoms with E-state index in [1.54, 1.807) is 0 Å². The normalized spacial score (nSPS) is 11.7. The lowest BCUT2D eigenvalue weighted by Gasteiger charge is -2.12. The molecule has 0 aliphatic carbocycles. The lowest BCUT2D eigenvalue weighted by atomic mass is 9.97. The van der Waals surface area contributed by atoms with Gasteiger partial charge in [0.2, 0.25) is 0 Å². The average Bonchev–Trinajstić information content (AvgIpc) is 3.89. The Bertz CT molecular complexity index is 3570. The summed E-state index contributed by atoms with van der Waals surface area (Å²) in [6, 6.07) is 72.0. The number of rotatable bonds is 6. The number of hydrogen-bond acceptors (Lipinski definition) is 4. The molecule has 0 N–H and O–H groups in total. The van der Waals surface area contributed by atoms with Crippen LogP contribution in [0.1, 0.15) is 0 Å². The molecule has 60 heavy (non-hydrogen) atoms. The summed E-state index contributed by atoms with van der Waals surface area (Å²) in [6.07, 6.45) is 0. The Morgan fingerprint density at radius 3 is 1.55 bits per heavy atom. The predicted octanol–water partition coefficient (Wildman–Crippen LogP) is 14.4. The molecule has 0 aliphatic heterocycles. The minimum absolute atomic E-state index is 0.616. The summed E-state index contributed by atoms with van der Waals surface area (Å²) in [5.74, 6) is 1.88. The van der Waals surface area contributed by atoms with Crippen LogP contribution in [0, 0.1) is 0 Å². The molecular weight excluding hydrogens is 733 g/mol. The van der Waals surface area contributed by atoms with E-state index in [-0.39, 0.29) is 0 Å². The van der Waals surface area contributed by atoms with Gasteiger partial charge in [0, 0.05) is 38.2 Å². The highest BCUT2D eigenvalue weighted by atomic mass is 16.3. The molecule has 0 amide bonds. The van der Waals surface area contributed by atoms with Gasteiger partial charge in [0.1, 0.15) is 5.58 Å². The van der Waals surface area contributed by atoms with Crippen LogP contribution in [0.25, 0.3) is 117 Å². The Hall–Kier alpha value is -8.15. The van der Waals surface area contributed by atoms with Gasteiger partial charge in [-0.1, -0.05) is 182 Å². The van der Waals surface area contributed by atoms with Gasteiger partial charge in [-0.25, -0.2) is 15.0 Å². The monoisotopic (exact) mass is 766 g/mol. The van der Waals surface area contributed by atoms with Crippen LogP contribution in [0.3, 0.4) is 0 Å². The molecule has 12 aromatic rings. The molecular formula is C55H34N4O. The van der Waals surface area contributed by atoms with Crippen molar-refractivity contribution in [1.29, 1.82) is 0 Å². The molecule has 3 aromatic heterocycles. The molecule has 0 aliphatic rings. The zero-order chi connectivity index (χ0) is 39.6. The molecule has 0 bridgehead atoms. The van der Waals surface area contributed by atoms with Gasteiger partial charge in [-0.2, -0.15) is 0 Å². The van der Waals surface area contributed by atoms with Crippen LogP contribution in [-0.4, -0.2) is 19.5 Å². The van der Waals surface area contributed by atoms with Crippen LogP contribution in [0.15, 0.2) is 211 Å². The van der Waals surface area contributed by atoms with Crippen LogP contribution in [-0.2, 0) is 0 Å².